The molecule has 4 rings (SSSR count). The molecule has 1 aliphatic carbocycles. The van der Waals surface area contributed by atoms with Gasteiger partial charge in [0, 0.05) is 25.2 Å². The van der Waals surface area contributed by atoms with E-state index in [1.807, 2.05) is 35.2 Å². The number of imidazole rings is 1. The van der Waals surface area contributed by atoms with Crippen molar-refractivity contribution in [2.45, 2.75) is 39.3 Å². The van der Waals surface area contributed by atoms with Crippen molar-refractivity contribution in [1.82, 2.24) is 14.5 Å². The minimum Gasteiger partial charge on any atom is -0.373 e. The van der Waals surface area contributed by atoms with Crippen LogP contribution in [-0.4, -0.2) is 40.1 Å². The summed E-state index contributed by atoms with van der Waals surface area (Å²) in [7, 11) is 0. The molecule has 5 nitrogen and oxygen atoms in total. The SMILES string of the molecule is CCCN(CC1CC1)C(=O)c1nc(-c2ccccc2)n2c1COCC2. The van der Waals surface area contributed by atoms with E-state index in [4.69, 9.17) is 9.72 Å². The zero-order chi connectivity index (χ0) is 17.2. The monoisotopic (exact) mass is 339 g/mol. The van der Waals surface area contributed by atoms with Crippen LogP contribution in [0.5, 0.6) is 0 Å². The highest BCUT2D eigenvalue weighted by Crippen LogP contribution is 2.31. The molecule has 0 bridgehead atoms. The molecule has 0 atom stereocenters. The van der Waals surface area contributed by atoms with Gasteiger partial charge in [0.25, 0.3) is 5.91 Å². The Morgan fingerprint density at radius 2 is 2.12 bits per heavy atom. The molecule has 0 radical (unpaired) electrons. The van der Waals surface area contributed by atoms with Gasteiger partial charge in [0.2, 0.25) is 0 Å². The van der Waals surface area contributed by atoms with Gasteiger partial charge in [0.15, 0.2) is 5.69 Å². The van der Waals surface area contributed by atoms with Crippen molar-refractivity contribution >= 4 is 5.91 Å². The fourth-order valence-electron chi connectivity index (χ4n) is 3.48. The van der Waals surface area contributed by atoms with E-state index < -0.39 is 0 Å². The van der Waals surface area contributed by atoms with Crippen molar-refractivity contribution in [1.29, 1.82) is 0 Å². The summed E-state index contributed by atoms with van der Waals surface area (Å²) in [4.78, 5) is 20.0. The second kappa shape index (κ2) is 7.00. The molecule has 0 saturated heterocycles. The average molecular weight is 339 g/mol. The average Bonchev–Trinajstić information content (AvgIpc) is 3.39. The van der Waals surface area contributed by atoms with Crippen molar-refractivity contribution in [3.63, 3.8) is 0 Å². The van der Waals surface area contributed by atoms with Crippen molar-refractivity contribution in [2.75, 3.05) is 19.7 Å². The predicted octanol–water partition coefficient (Wildman–Crippen LogP) is 3.34. The summed E-state index contributed by atoms with van der Waals surface area (Å²) in [6.07, 6.45) is 3.46. The third-order valence-electron chi connectivity index (χ3n) is 4.96. The van der Waals surface area contributed by atoms with E-state index >= 15 is 0 Å². The van der Waals surface area contributed by atoms with Gasteiger partial charge < -0.3 is 14.2 Å². The number of rotatable bonds is 6. The van der Waals surface area contributed by atoms with Gasteiger partial charge in [-0.1, -0.05) is 37.3 Å². The largest absolute Gasteiger partial charge is 0.373 e. The van der Waals surface area contributed by atoms with Crippen LogP contribution in [0, 0.1) is 5.92 Å². The summed E-state index contributed by atoms with van der Waals surface area (Å²) < 4.78 is 7.80. The summed E-state index contributed by atoms with van der Waals surface area (Å²) in [5.41, 5.74) is 2.55. The topological polar surface area (TPSA) is 47.4 Å². The second-order valence-electron chi connectivity index (χ2n) is 7.00. The van der Waals surface area contributed by atoms with E-state index in [1.54, 1.807) is 0 Å². The molecule has 0 unspecified atom stereocenters. The maximum Gasteiger partial charge on any atom is 0.274 e. The van der Waals surface area contributed by atoms with Gasteiger partial charge >= 0.3 is 0 Å². The van der Waals surface area contributed by atoms with Crippen LogP contribution in [0.2, 0.25) is 0 Å². The lowest BCUT2D eigenvalue weighted by Crippen LogP contribution is -2.35. The highest BCUT2D eigenvalue weighted by atomic mass is 16.5. The number of benzene rings is 1. The highest BCUT2D eigenvalue weighted by Gasteiger charge is 2.31. The van der Waals surface area contributed by atoms with Crippen LogP contribution >= 0.6 is 0 Å². The standard InChI is InChI=1S/C20H25N3O2/c1-2-10-22(13-15-8-9-15)20(24)18-17-14-25-12-11-23(17)19(21-18)16-6-4-3-5-7-16/h3-7,15H,2,8-14H2,1H3. The van der Waals surface area contributed by atoms with Gasteiger partial charge in [-0.05, 0) is 25.2 Å². The van der Waals surface area contributed by atoms with E-state index in [2.05, 4.69) is 11.5 Å². The number of carbonyl (C=O) groups excluding carboxylic acids is 1. The first-order chi connectivity index (χ1) is 12.3. The zero-order valence-corrected chi connectivity index (χ0v) is 14.8. The van der Waals surface area contributed by atoms with Gasteiger partial charge in [0.1, 0.15) is 5.82 Å². The van der Waals surface area contributed by atoms with Crippen LogP contribution in [0.25, 0.3) is 11.4 Å². The molecular formula is C20H25N3O2. The molecule has 2 aromatic rings. The smallest absolute Gasteiger partial charge is 0.274 e. The Morgan fingerprint density at radius 3 is 2.84 bits per heavy atom. The lowest BCUT2D eigenvalue weighted by molar-refractivity contribution is 0.0702. The molecule has 2 aliphatic rings. The Bertz CT molecular complexity index is 750. The number of hydrogen-bond acceptors (Lipinski definition) is 3. The first kappa shape index (κ1) is 16.3. The molecule has 1 aromatic heterocycles. The van der Waals surface area contributed by atoms with Crippen molar-refractivity contribution in [2.24, 2.45) is 5.92 Å². The predicted molar refractivity (Wildman–Crippen MR) is 96.2 cm³/mol. The number of nitrogens with zero attached hydrogens (tertiary/aromatic N) is 3. The van der Waals surface area contributed by atoms with E-state index in [1.165, 1.54) is 12.8 Å². The lowest BCUT2D eigenvalue weighted by Gasteiger charge is -2.23. The van der Waals surface area contributed by atoms with E-state index in [9.17, 15) is 4.79 Å². The van der Waals surface area contributed by atoms with Gasteiger partial charge in [-0.25, -0.2) is 4.98 Å². The van der Waals surface area contributed by atoms with Gasteiger partial charge in [-0.2, -0.15) is 0 Å². The van der Waals surface area contributed by atoms with E-state index in [-0.39, 0.29) is 5.91 Å². The Morgan fingerprint density at radius 1 is 1.32 bits per heavy atom. The number of ether oxygens (including phenoxy) is 1. The minimum atomic E-state index is 0.0604. The molecule has 132 valence electrons. The van der Waals surface area contributed by atoms with Crippen LogP contribution < -0.4 is 0 Å². The third kappa shape index (κ3) is 3.33. The van der Waals surface area contributed by atoms with Crippen LogP contribution in [0.15, 0.2) is 30.3 Å². The summed E-state index contributed by atoms with van der Waals surface area (Å²) in [6, 6.07) is 10.1. The van der Waals surface area contributed by atoms with Crippen LogP contribution in [-0.2, 0) is 17.9 Å². The van der Waals surface area contributed by atoms with Crippen molar-refractivity contribution < 1.29 is 9.53 Å². The Kier molecular flexibility index (Phi) is 4.57. The molecule has 0 N–H and O–H groups in total. The first-order valence-corrected chi connectivity index (χ1v) is 9.29. The number of carbonyl (C=O) groups is 1. The van der Waals surface area contributed by atoms with E-state index in [0.29, 0.717) is 24.8 Å². The highest BCUT2D eigenvalue weighted by molar-refractivity contribution is 5.94. The Labute approximate surface area is 148 Å². The number of aromatic nitrogens is 2. The summed E-state index contributed by atoms with van der Waals surface area (Å²) in [6.45, 7) is 5.65. The fraction of sp³-hybridized carbons (Fsp3) is 0.500. The zero-order valence-electron chi connectivity index (χ0n) is 14.8. The molecular weight excluding hydrogens is 314 g/mol. The van der Waals surface area contributed by atoms with Crippen LogP contribution in [0.1, 0.15) is 42.4 Å². The van der Waals surface area contributed by atoms with E-state index in [0.717, 1.165) is 43.1 Å². The summed E-state index contributed by atoms with van der Waals surface area (Å²) >= 11 is 0. The number of fused-ring (bicyclic) bond motifs is 1. The maximum atomic E-state index is 13.2. The van der Waals surface area contributed by atoms with Gasteiger partial charge in [0.05, 0.1) is 18.9 Å². The molecule has 5 heteroatoms. The molecule has 2 heterocycles. The molecule has 0 spiro atoms. The summed E-state index contributed by atoms with van der Waals surface area (Å²) in [5.74, 6) is 1.62. The third-order valence-corrected chi connectivity index (χ3v) is 4.96. The Hall–Kier alpha value is -2.14. The van der Waals surface area contributed by atoms with Gasteiger partial charge in [-0.15, -0.1) is 0 Å². The van der Waals surface area contributed by atoms with Crippen molar-refractivity contribution in [3.05, 3.63) is 41.7 Å². The second-order valence-corrected chi connectivity index (χ2v) is 7.00. The molecule has 1 saturated carbocycles. The van der Waals surface area contributed by atoms with Crippen molar-refractivity contribution in [3.8, 4) is 11.4 Å². The number of hydrogen-bond donors (Lipinski definition) is 0. The first-order valence-electron chi connectivity index (χ1n) is 9.29. The minimum absolute atomic E-state index is 0.0604. The number of amides is 1. The lowest BCUT2D eigenvalue weighted by atomic mass is 10.2. The molecule has 25 heavy (non-hydrogen) atoms. The Balaban J connectivity index is 1.71. The maximum absolute atomic E-state index is 13.2. The normalized spacial score (nSPS) is 16.5. The summed E-state index contributed by atoms with van der Waals surface area (Å²) in [5, 5.41) is 0. The van der Waals surface area contributed by atoms with Crippen LogP contribution in [0.4, 0.5) is 0 Å². The molecule has 1 amide bonds. The molecule has 1 aromatic carbocycles. The molecule has 1 fully saturated rings. The molecule has 1 aliphatic heterocycles. The van der Waals surface area contributed by atoms with Crippen LogP contribution in [0.3, 0.4) is 0 Å². The fourth-order valence-corrected chi connectivity index (χ4v) is 3.48. The quantitative estimate of drug-likeness (QED) is 0.811. The van der Waals surface area contributed by atoms with Gasteiger partial charge in [-0.3, -0.25) is 4.79 Å².